The summed E-state index contributed by atoms with van der Waals surface area (Å²) in [6, 6.07) is 0. The molecule has 1 aromatic rings. The van der Waals surface area contributed by atoms with E-state index in [4.69, 9.17) is 19.7 Å². The molecule has 0 spiro atoms. The van der Waals surface area contributed by atoms with Crippen LogP contribution in [0.1, 0.15) is 6.23 Å². The van der Waals surface area contributed by atoms with Crippen LogP contribution >= 0.6 is 0 Å². The molecule has 0 unspecified atom stereocenters. The number of nitrogens with zero attached hydrogens (tertiary/aromatic N) is 3. The quantitative estimate of drug-likeness (QED) is 0.259. The zero-order valence-corrected chi connectivity index (χ0v) is 13.4. The molecule has 0 bridgehead atoms. The van der Waals surface area contributed by atoms with Crippen molar-refractivity contribution in [2.75, 3.05) is 18.5 Å². The van der Waals surface area contributed by atoms with Gasteiger partial charge in [-0.1, -0.05) is 0 Å². The molecule has 26 heavy (non-hydrogen) atoms. The molecule has 2 aliphatic rings. The standard InChI is InChI=1S/C13H20N4O9/c18-1-4-6(20)8(22)10(25-4)15-12-14-3-17(13(24)16-12)11-9(23)7(21)5(2-19)26-11/h3-11,18-23H,1-2H2,(H,15,16,24)/t4-,5-,6-,7-,8-,9-,10-,11-/m1/s1. The molecule has 3 heterocycles. The summed E-state index contributed by atoms with van der Waals surface area (Å²) in [5.74, 6) is -0.229. The van der Waals surface area contributed by atoms with Gasteiger partial charge in [0.1, 0.15) is 43.0 Å². The lowest BCUT2D eigenvalue weighted by atomic mass is 10.1. The first-order valence-corrected chi connectivity index (χ1v) is 7.84. The van der Waals surface area contributed by atoms with Gasteiger partial charge >= 0.3 is 5.69 Å². The van der Waals surface area contributed by atoms with Crippen LogP contribution in [-0.4, -0.2) is 101 Å². The first-order valence-electron chi connectivity index (χ1n) is 7.84. The lowest BCUT2D eigenvalue weighted by Gasteiger charge is -2.18. The van der Waals surface area contributed by atoms with Crippen molar-refractivity contribution in [3.8, 4) is 0 Å². The van der Waals surface area contributed by atoms with Gasteiger partial charge in [-0.3, -0.25) is 4.57 Å². The maximum atomic E-state index is 12.2. The summed E-state index contributed by atoms with van der Waals surface area (Å²) in [6.45, 7) is -1.06. The molecule has 0 amide bonds. The molecule has 8 atom stereocenters. The summed E-state index contributed by atoms with van der Waals surface area (Å²) < 4.78 is 11.3. The van der Waals surface area contributed by atoms with Gasteiger partial charge in [0.25, 0.3) is 0 Å². The van der Waals surface area contributed by atoms with Gasteiger partial charge in [0.15, 0.2) is 12.5 Å². The van der Waals surface area contributed by atoms with Crippen molar-refractivity contribution in [2.45, 2.75) is 49.1 Å². The summed E-state index contributed by atoms with van der Waals surface area (Å²) in [7, 11) is 0. The molecule has 2 aliphatic heterocycles. The Labute approximate surface area is 146 Å². The fourth-order valence-electron chi connectivity index (χ4n) is 2.84. The molecule has 0 aliphatic carbocycles. The highest BCUT2D eigenvalue weighted by molar-refractivity contribution is 5.24. The lowest BCUT2D eigenvalue weighted by molar-refractivity contribution is -0.0554. The van der Waals surface area contributed by atoms with E-state index in [9.17, 15) is 25.2 Å². The normalized spacial score (nSPS) is 40.1. The van der Waals surface area contributed by atoms with E-state index in [1.807, 2.05) is 0 Å². The van der Waals surface area contributed by atoms with Crippen molar-refractivity contribution in [1.29, 1.82) is 0 Å². The first-order chi connectivity index (χ1) is 12.4. The maximum Gasteiger partial charge on any atom is 0.354 e. The number of aliphatic hydroxyl groups is 6. The van der Waals surface area contributed by atoms with Gasteiger partial charge in [-0.2, -0.15) is 4.98 Å². The molecule has 13 heteroatoms. The first kappa shape index (κ1) is 19.1. The van der Waals surface area contributed by atoms with Crippen LogP contribution in [0.5, 0.6) is 0 Å². The third-order valence-electron chi connectivity index (χ3n) is 4.33. The fourth-order valence-corrected chi connectivity index (χ4v) is 2.84. The van der Waals surface area contributed by atoms with E-state index in [-0.39, 0.29) is 5.95 Å². The molecule has 2 saturated heterocycles. The minimum atomic E-state index is -1.47. The van der Waals surface area contributed by atoms with Crippen LogP contribution in [0, 0.1) is 0 Å². The second-order valence-corrected chi connectivity index (χ2v) is 6.00. The lowest BCUT2D eigenvalue weighted by Crippen LogP contribution is -2.39. The Kier molecular flexibility index (Phi) is 5.50. The van der Waals surface area contributed by atoms with E-state index in [0.717, 1.165) is 10.9 Å². The van der Waals surface area contributed by atoms with Crippen molar-refractivity contribution in [3.63, 3.8) is 0 Å². The predicted molar refractivity (Wildman–Crippen MR) is 80.7 cm³/mol. The van der Waals surface area contributed by atoms with Crippen LogP contribution in [0.4, 0.5) is 5.95 Å². The second kappa shape index (κ2) is 7.50. The van der Waals surface area contributed by atoms with Crippen LogP contribution in [-0.2, 0) is 9.47 Å². The highest BCUT2D eigenvalue weighted by Crippen LogP contribution is 2.28. The number of rotatable bonds is 5. The van der Waals surface area contributed by atoms with Gasteiger partial charge in [0, 0.05) is 0 Å². The number of hydrogen-bond donors (Lipinski definition) is 7. The number of anilines is 1. The molecule has 1 aromatic heterocycles. The van der Waals surface area contributed by atoms with Gasteiger partial charge in [-0.15, -0.1) is 0 Å². The van der Waals surface area contributed by atoms with E-state index in [1.165, 1.54) is 0 Å². The average molecular weight is 376 g/mol. The molecular formula is C13H20N4O9. The zero-order valence-electron chi connectivity index (χ0n) is 13.4. The van der Waals surface area contributed by atoms with E-state index in [0.29, 0.717) is 0 Å². The summed E-state index contributed by atoms with van der Waals surface area (Å²) in [4.78, 5) is 19.6. The van der Waals surface area contributed by atoms with Gasteiger partial charge in [-0.25, -0.2) is 9.78 Å². The Balaban J connectivity index is 1.74. The number of aliphatic hydroxyl groups excluding tert-OH is 6. The van der Waals surface area contributed by atoms with E-state index in [1.54, 1.807) is 0 Å². The van der Waals surface area contributed by atoms with Gasteiger partial charge < -0.3 is 45.4 Å². The Bertz CT molecular complexity index is 688. The molecule has 146 valence electrons. The third kappa shape index (κ3) is 3.30. The van der Waals surface area contributed by atoms with Crippen LogP contribution in [0.2, 0.25) is 0 Å². The van der Waals surface area contributed by atoms with Crippen LogP contribution in [0.25, 0.3) is 0 Å². The highest BCUT2D eigenvalue weighted by Gasteiger charge is 2.44. The van der Waals surface area contributed by atoms with Crippen molar-refractivity contribution in [3.05, 3.63) is 16.8 Å². The van der Waals surface area contributed by atoms with E-state index >= 15 is 0 Å². The molecule has 7 N–H and O–H groups in total. The summed E-state index contributed by atoms with van der Waals surface area (Å²) >= 11 is 0. The monoisotopic (exact) mass is 376 g/mol. The van der Waals surface area contributed by atoms with Crippen molar-refractivity contribution >= 4 is 5.95 Å². The number of ether oxygens (including phenoxy) is 2. The number of aromatic nitrogens is 3. The molecule has 2 fully saturated rings. The Morgan fingerprint density at radius 3 is 2.15 bits per heavy atom. The largest absolute Gasteiger partial charge is 0.394 e. The highest BCUT2D eigenvalue weighted by atomic mass is 16.6. The van der Waals surface area contributed by atoms with Crippen LogP contribution in [0.15, 0.2) is 11.1 Å². The number of nitrogens with one attached hydrogen (secondary N) is 1. The van der Waals surface area contributed by atoms with E-state index < -0.39 is 68.0 Å². The Morgan fingerprint density at radius 1 is 1.00 bits per heavy atom. The van der Waals surface area contributed by atoms with Gasteiger partial charge in [-0.05, 0) is 0 Å². The molecule has 0 aromatic carbocycles. The third-order valence-corrected chi connectivity index (χ3v) is 4.33. The molecule has 0 saturated carbocycles. The van der Waals surface area contributed by atoms with Crippen molar-refractivity contribution in [2.24, 2.45) is 0 Å². The maximum absolute atomic E-state index is 12.2. The minimum Gasteiger partial charge on any atom is -0.394 e. The van der Waals surface area contributed by atoms with Gasteiger partial charge in [0.05, 0.1) is 13.2 Å². The molecular weight excluding hydrogens is 356 g/mol. The zero-order chi connectivity index (χ0) is 19.0. The Hall–Kier alpha value is -1.71. The van der Waals surface area contributed by atoms with Crippen molar-refractivity contribution < 1.29 is 40.1 Å². The smallest absolute Gasteiger partial charge is 0.354 e. The molecule has 0 radical (unpaired) electrons. The summed E-state index contributed by atoms with van der Waals surface area (Å²) in [5.41, 5.74) is -0.885. The minimum absolute atomic E-state index is 0.229. The summed E-state index contributed by atoms with van der Waals surface area (Å²) in [6.07, 6.45) is -9.03. The molecule has 13 nitrogen and oxygen atoms in total. The van der Waals surface area contributed by atoms with Crippen LogP contribution in [0.3, 0.4) is 0 Å². The predicted octanol–water partition coefficient (Wildman–Crippen LogP) is -4.90. The molecule has 3 rings (SSSR count). The Morgan fingerprint density at radius 2 is 1.62 bits per heavy atom. The fraction of sp³-hybridized carbons (Fsp3) is 0.769. The van der Waals surface area contributed by atoms with Gasteiger partial charge in [0.2, 0.25) is 5.95 Å². The average Bonchev–Trinajstić information content (AvgIpc) is 3.06. The van der Waals surface area contributed by atoms with Crippen molar-refractivity contribution in [1.82, 2.24) is 14.5 Å². The second-order valence-electron chi connectivity index (χ2n) is 6.00. The SMILES string of the molecule is O=c1nc(N[C@@H]2O[C@H](CO)[C@@H](O)[C@H]2O)ncn1[C@@H]1O[C@H](CO)[C@@H](O)[C@H]1O. The van der Waals surface area contributed by atoms with E-state index in [2.05, 4.69) is 15.3 Å². The van der Waals surface area contributed by atoms with Crippen LogP contribution < -0.4 is 11.0 Å². The number of hydrogen-bond acceptors (Lipinski definition) is 12. The summed E-state index contributed by atoms with van der Waals surface area (Å²) in [5, 5.41) is 59.8. The topological polar surface area (TPSA) is 200 Å².